The second-order valence-corrected chi connectivity index (χ2v) is 4.43. The van der Waals surface area contributed by atoms with E-state index in [0.29, 0.717) is 18.4 Å². The second-order valence-electron chi connectivity index (χ2n) is 4.43. The predicted octanol–water partition coefficient (Wildman–Crippen LogP) is 2.87. The summed E-state index contributed by atoms with van der Waals surface area (Å²) in [5.74, 6) is 1.26. The topological polar surface area (TPSA) is 47.0 Å². The molecular formula is C12H21N3O. The van der Waals surface area contributed by atoms with Gasteiger partial charge in [-0.2, -0.15) is 4.98 Å². The number of nitrogens with one attached hydrogen (secondary N) is 1. The van der Waals surface area contributed by atoms with Gasteiger partial charge in [0.05, 0.1) is 6.61 Å². The summed E-state index contributed by atoms with van der Waals surface area (Å²) in [7, 11) is 0. The van der Waals surface area contributed by atoms with Gasteiger partial charge in [-0.25, -0.2) is 4.98 Å². The summed E-state index contributed by atoms with van der Waals surface area (Å²) in [6.07, 6.45) is 3.70. The molecule has 1 rings (SSSR count). The molecule has 0 amide bonds. The van der Waals surface area contributed by atoms with Crippen LogP contribution in [-0.4, -0.2) is 22.1 Å². The molecule has 0 atom stereocenters. The maximum absolute atomic E-state index is 5.45. The molecule has 16 heavy (non-hydrogen) atoms. The molecule has 0 aromatic carbocycles. The molecule has 0 fully saturated rings. The van der Waals surface area contributed by atoms with Crippen molar-refractivity contribution in [1.82, 2.24) is 9.97 Å². The Morgan fingerprint density at radius 2 is 2.12 bits per heavy atom. The van der Waals surface area contributed by atoms with E-state index in [1.54, 1.807) is 12.3 Å². The Labute approximate surface area is 97.5 Å². The normalized spacial score (nSPS) is 11.2. The van der Waals surface area contributed by atoms with Crippen molar-refractivity contribution in [3.05, 3.63) is 12.3 Å². The average Bonchev–Trinajstić information content (AvgIpc) is 2.26. The van der Waals surface area contributed by atoms with Gasteiger partial charge in [0, 0.05) is 17.8 Å². The number of nitrogens with zero attached hydrogens (tertiary/aromatic N) is 2. The lowest BCUT2D eigenvalue weighted by molar-refractivity contribution is 0.305. The highest BCUT2D eigenvalue weighted by molar-refractivity contribution is 5.30. The van der Waals surface area contributed by atoms with E-state index in [0.717, 1.165) is 12.8 Å². The summed E-state index contributed by atoms with van der Waals surface area (Å²) in [5, 5.41) is 3.28. The van der Waals surface area contributed by atoms with Crippen molar-refractivity contribution >= 4 is 5.95 Å². The zero-order chi connectivity index (χ0) is 12.0. The van der Waals surface area contributed by atoms with Crippen molar-refractivity contribution in [2.45, 2.75) is 46.1 Å². The van der Waals surface area contributed by atoms with Crippen molar-refractivity contribution in [3.63, 3.8) is 0 Å². The molecule has 1 heterocycles. The Balaban J connectivity index is 2.67. The molecule has 0 unspecified atom stereocenters. The number of rotatable bonds is 6. The van der Waals surface area contributed by atoms with Gasteiger partial charge < -0.3 is 10.1 Å². The number of ether oxygens (including phenoxy) is 1. The smallest absolute Gasteiger partial charge is 0.226 e. The molecule has 0 aliphatic carbocycles. The van der Waals surface area contributed by atoms with Crippen molar-refractivity contribution < 1.29 is 4.74 Å². The van der Waals surface area contributed by atoms with Crippen molar-refractivity contribution in [2.24, 2.45) is 0 Å². The third kappa shape index (κ3) is 4.04. The van der Waals surface area contributed by atoms with Crippen LogP contribution < -0.4 is 10.1 Å². The van der Waals surface area contributed by atoms with Gasteiger partial charge in [0.15, 0.2) is 0 Å². The molecule has 90 valence electrons. The SMILES string of the molecule is CCCOc1ccnc(NC(C)(C)CC)n1. The molecule has 0 aliphatic rings. The van der Waals surface area contributed by atoms with Gasteiger partial charge in [-0.3, -0.25) is 0 Å². The van der Waals surface area contributed by atoms with Gasteiger partial charge in [-0.15, -0.1) is 0 Å². The monoisotopic (exact) mass is 223 g/mol. The summed E-state index contributed by atoms with van der Waals surface area (Å²) in [4.78, 5) is 8.48. The van der Waals surface area contributed by atoms with Crippen LogP contribution in [0.15, 0.2) is 12.3 Å². The molecule has 0 radical (unpaired) electrons. The zero-order valence-electron chi connectivity index (χ0n) is 10.6. The van der Waals surface area contributed by atoms with E-state index in [9.17, 15) is 0 Å². The van der Waals surface area contributed by atoms with Crippen LogP contribution in [0.3, 0.4) is 0 Å². The molecular weight excluding hydrogens is 202 g/mol. The first-order valence-electron chi connectivity index (χ1n) is 5.81. The minimum Gasteiger partial charge on any atom is -0.478 e. The number of anilines is 1. The number of hydrogen-bond donors (Lipinski definition) is 1. The molecule has 4 nitrogen and oxygen atoms in total. The van der Waals surface area contributed by atoms with Crippen LogP contribution in [0.1, 0.15) is 40.5 Å². The first-order valence-corrected chi connectivity index (χ1v) is 5.81. The fourth-order valence-electron chi connectivity index (χ4n) is 1.08. The van der Waals surface area contributed by atoms with E-state index >= 15 is 0 Å². The summed E-state index contributed by atoms with van der Waals surface area (Å²) in [6.45, 7) is 9.13. The maximum Gasteiger partial charge on any atom is 0.226 e. The van der Waals surface area contributed by atoms with Crippen LogP contribution in [0.25, 0.3) is 0 Å². The standard InChI is InChI=1S/C12H21N3O/c1-5-9-16-10-7-8-13-11(14-10)15-12(3,4)6-2/h7-8H,5-6,9H2,1-4H3,(H,13,14,15). The van der Waals surface area contributed by atoms with Gasteiger partial charge in [0.1, 0.15) is 0 Å². The Kier molecular flexibility index (Phi) is 4.52. The number of aromatic nitrogens is 2. The molecule has 1 aromatic rings. The average molecular weight is 223 g/mol. The van der Waals surface area contributed by atoms with Gasteiger partial charge in [-0.1, -0.05) is 13.8 Å². The Bertz CT molecular complexity index is 326. The van der Waals surface area contributed by atoms with E-state index in [1.807, 2.05) is 0 Å². The van der Waals surface area contributed by atoms with E-state index in [4.69, 9.17) is 4.74 Å². The van der Waals surface area contributed by atoms with Gasteiger partial charge >= 0.3 is 0 Å². The summed E-state index contributed by atoms with van der Waals surface area (Å²) in [6, 6.07) is 1.78. The molecule has 1 N–H and O–H groups in total. The van der Waals surface area contributed by atoms with Crippen LogP contribution >= 0.6 is 0 Å². The zero-order valence-corrected chi connectivity index (χ0v) is 10.6. The molecule has 4 heteroatoms. The lowest BCUT2D eigenvalue weighted by Gasteiger charge is -2.24. The highest BCUT2D eigenvalue weighted by Crippen LogP contribution is 2.16. The van der Waals surface area contributed by atoms with Crippen LogP contribution in [-0.2, 0) is 0 Å². The molecule has 0 aliphatic heterocycles. The minimum absolute atomic E-state index is 0.00335. The quantitative estimate of drug-likeness (QED) is 0.805. The fraction of sp³-hybridized carbons (Fsp3) is 0.667. The Morgan fingerprint density at radius 1 is 1.38 bits per heavy atom. The third-order valence-corrected chi connectivity index (χ3v) is 2.42. The maximum atomic E-state index is 5.45. The fourth-order valence-corrected chi connectivity index (χ4v) is 1.08. The Hall–Kier alpha value is -1.32. The van der Waals surface area contributed by atoms with Crippen molar-refractivity contribution in [2.75, 3.05) is 11.9 Å². The highest BCUT2D eigenvalue weighted by atomic mass is 16.5. The number of hydrogen-bond acceptors (Lipinski definition) is 4. The largest absolute Gasteiger partial charge is 0.478 e. The second kappa shape index (κ2) is 5.68. The third-order valence-electron chi connectivity index (χ3n) is 2.42. The first kappa shape index (κ1) is 12.7. The minimum atomic E-state index is 0.00335. The van der Waals surface area contributed by atoms with E-state index < -0.39 is 0 Å². The summed E-state index contributed by atoms with van der Waals surface area (Å²) >= 11 is 0. The molecule has 0 saturated carbocycles. The van der Waals surface area contributed by atoms with Crippen molar-refractivity contribution in [1.29, 1.82) is 0 Å². The van der Waals surface area contributed by atoms with Crippen LogP contribution in [0.4, 0.5) is 5.95 Å². The first-order chi connectivity index (χ1) is 7.57. The lowest BCUT2D eigenvalue weighted by atomic mass is 10.0. The molecule has 1 aromatic heterocycles. The van der Waals surface area contributed by atoms with E-state index in [-0.39, 0.29) is 5.54 Å². The van der Waals surface area contributed by atoms with Crippen LogP contribution in [0.2, 0.25) is 0 Å². The van der Waals surface area contributed by atoms with Crippen LogP contribution in [0, 0.1) is 0 Å². The summed E-state index contributed by atoms with van der Waals surface area (Å²) < 4.78 is 5.45. The predicted molar refractivity (Wildman–Crippen MR) is 65.8 cm³/mol. The Morgan fingerprint density at radius 3 is 2.75 bits per heavy atom. The van der Waals surface area contributed by atoms with Crippen molar-refractivity contribution in [3.8, 4) is 5.88 Å². The van der Waals surface area contributed by atoms with Crippen LogP contribution in [0.5, 0.6) is 5.88 Å². The molecule has 0 bridgehead atoms. The highest BCUT2D eigenvalue weighted by Gasteiger charge is 2.15. The lowest BCUT2D eigenvalue weighted by Crippen LogP contribution is -2.30. The van der Waals surface area contributed by atoms with Gasteiger partial charge in [-0.05, 0) is 26.7 Å². The van der Waals surface area contributed by atoms with Gasteiger partial charge in [0.2, 0.25) is 11.8 Å². The van der Waals surface area contributed by atoms with E-state index in [1.165, 1.54) is 0 Å². The van der Waals surface area contributed by atoms with E-state index in [2.05, 4.69) is 43.0 Å². The molecule has 0 saturated heterocycles. The molecule has 0 spiro atoms. The van der Waals surface area contributed by atoms with Gasteiger partial charge in [0.25, 0.3) is 0 Å². The summed E-state index contributed by atoms with van der Waals surface area (Å²) in [5.41, 5.74) is 0.00335.